The number of anilines is 1. The van der Waals surface area contributed by atoms with Crippen molar-refractivity contribution >= 4 is 37.5 Å². The standard InChI is InChI=1S/C18H17BrF2N2O3S/c19-13-2-1-3-14(10-13)22-18(24)12-6-8-23(9-7-12)27(25,26)15-4-5-16(20)17(21)11-15/h1-5,10-12H,6-9H2,(H,22,24). The minimum Gasteiger partial charge on any atom is -0.326 e. The summed E-state index contributed by atoms with van der Waals surface area (Å²) in [5, 5.41) is 2.82. The van der Waals surface area contributed by atoms with E-state index in [1.165, 1.54) is 4.31 Å². The number of carbonyl (C=O) groups is 1. The van der Waals surface area contributed by atoms with E-state index < -0.39 is 21.7 Å². The molecule has 0 radical (unpaired) electrons. The maximum Gasteiger partial charge on any atom is 0.243 e. The summed E-state index contributed by atoms with van der Waals surface area (Å²) in [5.41, 5.74) is 0.659. The Hall–Kier alpha value is -1.84. The second-order valence-electron chi connectivity index (χ2n) is 6.25. The Kier molecular flexibility index (Phi) is 5.92. The Morgan fingerprint density at radius 3 is 2.41 bits per heavy atom. The van der Waals surface area contributed by atoms with Gasteiger partial charge in [-0.2, -0.15) is 4.31 Å². The fraction of sp³-hybridized carbons (Fsp3) is 0.278. The van der Waals surface area contributed by atoms with E-state index in [2.05, 4.69) is 21.2 Å². The summed E-state index contributed by atoms with van der Waals surface area (Å²) in [6, 6.07) is 9.71. The Balaban J connectivity index is 1.64. The number of piperidine rings is 1. The lowest BCUT2D eigenvalue weighted by Crippen LogP contribution is -2.41. The van der Waals surface area contributed by atoms with Crippen LogP contribution in [0.3, 0.4) is 0 Å². The monoisotopic (exact) mass is 458 g/mol. The summed E-state index contributed by atoms with van der Waals surface area (Å²) < 4.78 is 53.6. The molecule has 1 amide bonds. The van der Waals surface area contributed by atoms with Crippen molar-refractivity contribution in [3.63, 3.8) is 0 Å². The molecule has 1 aliphatic rings. The molecule has 0 aliphatic carbocycles. The molecule has 1 aliphatic heterocycles. The Morgan fingerprint density at radius 1 is 1.07 bits per heavy atom. The number of nitrogens with zero attached hydrogens (tertiary/aromatic N) is 1. The first-order valence-electron chi connectivity index (χ1n) is 8.29. The van der Waals surface area contributed by atoms with Gasteiger partial charge in [-0.3, -0.25) is 4.79 Å². The topological polar surface area (TPSA) is 66.5 Å². The van der Waals surface area contributed by atoms with E-state index in [1.54, 1.807) is 18.2 Å². The largest absolute Gasteiger partial charge is 0.326 e. The number of amides is 1. The molecular weight excluding hydrogens is 442 g/mol. The van der Waals surface area contributed by atoms with Crippen molar-refractivity contribution in [2.75, 3.05) is 18.4 Å². The van der Waals surface area contributed by atoms with Gasteiger partial charge in [-0.1, -0.05) is 22.0 Å². The second-order valence-corrected chi connectivity index (χ2v) is 9.11. The van der Waals surface area contributed by atoms with Crippen molar-refractivity contribution in [3.8, 4) is 0 Å². The number of sulfonamides is 1. The van der Waals surface area contributed by atoms with E-state index in [4.69, 9.17) is 0 Å². The van der Waals surface area contributed by atoms with Gasteiger partial charge in [-0.15, -0.1) is 0 Å². The van der Waals surface area contributed by atoms with Gasteiger partial charge < -0.3 is 5.32 Å². The lowest BCUT2D eigenvalue weighted by molar-refractivity contribution is -0.120. The fourth-order valence-corrected chi connectivity index (χ4v) is 4.84. The molecule has 0 saturated carbocycles. The van der Waals surface area contributed by atoms with Gasteiger partial charge >= 0.3 is 0 Å². The molecule has 2 aromatic carbocycles. The predicted octanol–water partition coefficient (Wildman–Crippen LogP) is 3.77. The zero-order valence-electron chi connectivity index (χ0n) is 14.2. The smallest absolute Gasteiger partial charge is 0.243 e. The minimum absolute atomic E-state index is 0.137. The van der Waals surface area contributed by atoms with Crippen LogP contribution >= 0.6 is 15.9 Å². The van der Waals surface area contributed by atoms with Crippen LogP contribution in [0, 0.1) is 17.6 Å². The van der Waals surface area contributed by atoms with E-state index in [9.17, 15) is 22.0 Å². The summed E-state index contributed by atoms with van der Waals surface area (Å²) in [5.74, 6) is -2.80. The molecule has 0 spiro atoms. The Morgan fingerprint density at radius 2 is 1.78 bits per heavy atom. The summed E-state index contributed by atoms with van der Waals surface area (Å²) in [6.07, 6.45) is 0.700. The number of carbonyl (C=O) groups excluding carboxylic acids is 1. The van der Waals surface area contributed by atoms with Gasteiger partial charge in [0.25, 0.3) is 0 Å². The molecule has 3 rings (SSSR count). The van der Waals surface area contributed by atoms with Crippen LogP contribution < -0.4 is 5.32 Å². The average Bonchev–Trinajstić information content (AvgIpc) is 2.64. The van der Waals surface area contributed by atoms with E-state index in [0.717, 1.165) is 16.6 Å². The third-order valence-electron chi connectivity index (χ3n) is 4.45. The third kappa shape index (κ3) is 4.53. The highest BCUT2D eigenvalue weighted by atomic mass is 79.9. The SMILES string of the molecule is O=C(Nc1cccc(Br)c1)C1CCN(S(=O)(=O)c2ccc(F)c(F)c2)CC1. The highest BCUT2D eigenvalue weighted by Gasteiger charge is 2.32. The van der Waals surface area contributed by atoms with Crippen molar-refractivity contribution < 1.29 is 22.0 Å². The molecule has 27 heavy (non-hydrogen) atoms. The van der Waals surface area contributed by atoms with Crippen LogP contribution in [0.1, 0.15) is 12.8 Å². The van der Waals surface area contributed by atoms with Crippen molar-refractivity contribution in [3.05, 3.63) is 58.6 Å². The quantitative estimate of drug-likeness (QED) is 0.758. The van der Waals surface area contributed by atoms with Gasteiger partial charge in [-0.05, 0) is 49.2 Å². The summed E-state index contributed by atoms with van der Waals surface area (Å²) in [4.78, 5) is 12.1. The zero-order chi connectivity index (χ0) is 19.6. The molecule has 0 aromatic heterocycles. The number of halogens is 3. The highest BCUT2D eigenvalue weighted by molar-refractivity contribution is 9.10. The minimum atomic E-state index is -3.93. The van der Waals surface area contributed by atoms with Crippen LogP contribution in [0.2, 0.25) is 0 Å². The van der Waals surface area contributed by atoms with E-state index >= 15 is 0 Å². The normalized spacial score (nSPS) is 16.3. The maximum absolute atomic E-state index is 13.4. The summed E-state index contributed by atoms with van der Waals surface area (Å²) >= 11 is 3.33. The van der Waals surface area contributed by atoms with Crippen LogP contribution in [0.25, 0.3) is 0 Å². The van der Waals surface area contributed by atoms with Crippen LogP contribution in [-0.4, -0.2) is 31.7 Å². The van der Waals surface area contributed by atoms with E-state index in [1.807, 2.05) is 6.07 Å². The van der Waals surface area contributed by atoms with Crippen LogP contribution in [-0.2, 0) is 14.8 Å². The maximum atomic E-state index is 13.4. The molecule has 5 nitrogen and oxygen atoms in total. The molecule has 0 unspecified atom stereocenters. The van der Waals surface area contributed by atoms with Gasteiger partial charge in [0.2, 0.25) is 15.9 Å². The Labute approximate surface area is 164 Å². The first kappa shape index (κ1) is 19.9. The number of rotatable bonds is 4. The molecule has 1 heterocycles. The molecule has 0 atom stereocenters. The fourth-order valence-electron chi connectivity index (χ4n) is 2.96. The van der Waals surface area contributed by atoms with Crippen LogP contribution in [0.15, 0.2) is 51.8 Å². The second kappa shape index (κ2) is 8.04. The molecule has 1 fully saturated rings. The van der Waals surface area contributed by atoms with Crippen LogP contribution in [0.5, 0.6) is 0 Å². The van der Waals surface area contributed by atoms with Gasteiger partial charge in [0.1, 0.15) is 0 Å². The molecule has 2 aromatic rings. The van der Waals surface area contributed by atoms with E-state index in [-0.39, 0.29) is 29.8 Å². The lowest BCUT2D eigenvalue weighted by Gasteiger charge is -2.30. The highest BCUT2D eigenvalue weighted by Crippen LogP contribution is 2.26. The predicted molar refractivity (Wildman–Crippen MR) is 101 cm³/mol. The third-order valence-corrected chi connectivity index (χ3v) is 6.83. The number of hydrogen-bond acceptors (Lipinski definition) is 3. The van der Waals surface area contributed by atoms with Crippen molar-refractivity contribution in [1.29, 1.82) is 0 Å². The van der Waals surface area contributed by atoms with Gasteiger partial charge in [0.15, 0.2) is 11.6 Å². The van der Waals surface area contributed by atoms with Gasteiger partial charge in [0, 0.05) is 29.2 Å². The first-order chi connectivity index (χ1) is 12.8. The molecule has 1 saturated heterocycles. The molecule has 1 N–H and O–H groups in total. The molecule has 9 heteroatoms. The number of benzene rings is 2. The molecular formula is C18H17BrF2N2O3S. The average molecular weight is 459 g/mol. The number of hydrogen-bond donors (Lipinski definition) is 1. The van der Waals surface area contributed by atoms with Crippen molar-refractivity contribution in [2.45, 2.75) is 17.7 Å². The summed E-state index contributed by atoms with van der Waals surface area (Å²) in [6.45, 7) is 0.274. The van der Waals surface area contributed by atoms with Crippen LogP contribution in [0.4, 0.5) is 14.5 Å². The zero-order valence-corrected chi connectivity index (χ0v) is 16.6. The molecule has 0 bridgehead atoms. The van der Waals surface area contributed by atoms with Crippen molar-refractivity contribution in [1.82, 2.24) is 4.31 Å². The molecule has 144 valence electrons. The van der Waals surface area contributed by atoms with Crippen molar-refractivity contribution in [2.24, 2.45) is 5.92 Å². The lowest BCUT2D eigenvalue weighted by atomic mass is 9.97. The number of nitrogens with one attached hydrogen (secondary N) is 1. The van der Waals surface area contributed by atoms with Gasteiger partial charge in [-0.25, -0.2) is 17.2 Å². The van der Waals surface area contributed by atoms with E-state index in [0.29, 0.717) is 24.6 Å². The first-order valence-corrected chi connectivity index (χ1v) is 10.5. The Bertz CT molecular complexity index is 961. The van der Waals surface area contributed by atoms with Gasteiger partial charge in [0.05, 0.1) is 4.90 Å². The summed E-state index contributed by atoms with van der Waals surface area (Å²) in [7, 11) is -3.93.